The van der Waals surface area contributed by atoms with Gasteiger partial charge in [-0.05, 0) is 40.9 Å². The first kappa shape index (κ1) is 14.3. The molecular weight excluding hydrogens is 310 g/mol. The van der Waals surface area contributed by atoms with Crippen LogP contribution in [0.3, 0.4) is 0 Å². The SMILES string of the molecule is CCC1OCCC1CNc1cccc(Br)c1C(=O)O. The van der Waals surface area contributed by atoms with Crippen molar-refractivity contribution in [2.45, 2.75) is 25.9 Å². The third-order valence-electron chi connectivity index (χ3n) is 3.53. The number of hydrogen-bond donors (Lipinski definition) is 2. The fraction of sp³-hybridized carbons (Fsp3) is 0.500. The van der Waals surface area contributed by atoms with Crippen LogP contribution in [0.2, 0.25) is 0 Å². The highest BCUT2D eigenvalue weighted by Gasteiger charge is 2.26. The van der Waals surface area contributed by atoms with Gasteiger partial charge < -0.3 is 15.2 Å². The van der Waals surface area contributed by atoms with Gasteiger partial charge in [0, 0.05) is 29.2 Å². The molecule has 1 aliphatic rings. The largest absolute Gasteiger partial charge is 0.478 e. The highest BCUT2D eigenvalue weighted by Crippen LogP contribution is 2.27. The zero-order chi connectivity index (χ0) is 13.8. The van der Waals surface area contributed by atoms with Crippen molar-refractivity contribution >= 4 is 27.6 Å². The second-order valence-corrected chi connectivity index (χ2v) is 5.57. The van der Waals surface area contributed by atoms with E-state index in [2.05, 4.69) is 28.2 Å². The number of ether oxygens (including phenoxy) is 1. The van der Waals surface area contributed by atoms with Crippen molar-refractivity contribution in [3.63, 3.8) is 0 Å². The lowest BCUT2D eigenvalue weighted by molar-refractivity contribution is 0.0697. The fourth-order valence-corrected chi connectivity index (χ4v) is 3.04. The van der Waals surface area contributed by atoms with E-state index < -0.39 is 5.97 Å². The van der Waals surface area contributed by atoms with Crippen LogP contribution in [0.4, 0.5) is 5.69 Å². The molecule has 1 saturated heterocycles. The normalized spacial score (nSPS) is 22.4. The van der Waals surface area contributed by atoms with Gasteiger partial charge in [-0.2, -0.15) is 0 Å². The van der Waals surface area contributed by atoms with Gasteiger partial charge in [-0.15, -0.1) is 0 Å². The van der Waals surface area contributed by atoms with Gasteiger partial charge in [-0.25, -0.2) is 4.79 Å². The topological polar surface area (TPSA) is 58.6 Å². The van der Waals surface area contributed by atoms with E-state index in [1.54, 1.807) is 12.1 Å². The third kappa shape index (κ3) is 3.28. The molecule has 0 saturated carbocycles. The molecule has 1 fully saturated rings. The van der Waals surface area contributed by atoms with Crippen LogP contribution in [0.25, 0.3) is 0 Å². The molecule has 1 aromatic rings. The van der Waals surface area contributed by atoms with Crippen LogP contribution in [-0.2, 0) is 4.74 Å². The molecule has 104 valence electrons. The van der Waals surface area contributed by atoms with E-state index in [0.29, 0.717) is 16.1 Å². The average Bonchev–Trinajstić information content (AvgIpc) is 2.83. The maximum atomic E-state index is 11.3. The summed E-state index contributed by atoms with van der Waals surface area (Å²) in [4.78, 5) is 11.3. The predicted molar refractivity (Wildman–Crippen MR) is 77.7 cm³/mol. The molecular formula is C14H18BrNO3. The van der Waals surface area contributed by atoms with Gasteiger partial charge in [-0.1, -0.05) is 13.0 Å². The number of aromatic carboxylic acids is 1. The minimum absolute atomic E-state index is 0.285. The predicted octanol–water partition coefficient (Wildman–Crippen LogP) is 3.37. The van der Waals surface area contributed by atoms with Crippen molar-refractivity contribution < 1.29 is 14.6 Å². The molecule has 0 bridgehead atoms. The van der Waals surface area contributed by atoms with Crippen LogP contribution in [-0.4, -0.2) is 30.3 Å². The van der Waals surface area contributed by atoms with E-state index in [0.717, 1.165) is 26.0 Å². The molecule has 1 aromatic carbocycles. The first-order valence-electron chi connectivity index (χ1n) is 6.50. The van der Waals surface area contributed by atoms with Gasteiger partial charge in [0.05, 0.1) is 11.7 Å². The van der Waals surface area contributed by atoms with Gasteiger partial charge in [0.25, 0.3) is 0 Å². The Kier molecular flexibility index (Phi) is 4.82. The van der Waals surface area contributed by atoms with Gasteiger partial charge in [0.1, 0.15) is 0 Å². The number of anilines is 1. The second kappa shape index (κ2) is 6.39. The second-order valence-electron chi connectivity index (χ2n) is 4.71. The molecule has 2 N–H and O–H groups in total. The summed E-state index contributed by atoms with van der Waals surface area (Å²) in [7, 11) is 0. The first-order chi connectivity index (χ1) is 9.13. The molecule has 0 aliphatic carbocycles. The van der Waals surface area contributed by atoms with Gasteiger partial charge >= 0.3 is 5.97 Å². The summed E-state index contributed by atoms with van der Waals surface area (Å²) >= 11 is 3.28. The van der Waals surface area contributed by atoms with Gasteiger partial charge in [0.15, 0.2) is 0 Å². The number of carbonyl (C=O) groups is 1. The zero-order valence-electron chi connectivity index (χ0n) is 10.9. The molecule has 0 aromatic heterocycles. The average molecular weight is 328 g/mol. The van der Waals surface area contributed by atoms with Crippen LogP contribution in [0.1, 0.15) is 30.1 Å². The number of halogens is 1. The number of carboxylic acids is 1. The lowest BCUT2D eigenvalue weighted by atomic mass is 9.99. The molecule has 2 atom stereocenters. The molecule has 5 heteroatoms. The number of benzene rings is 1. The third-order valence-corrected chi connectivity index (χ3v) is 4.19. The Bertz CT molecular complexity index is 464. The maximum Gasteiger partial charge on any atom is 0.338 e. The van der Waals surface area contributed by atoms with Gasteiger partial charge in [-0.3, -0.25) is 0 Å². The zero-order valence-corrected chi connectivity index (χ0v) is 12.4. The Balaban J connectivity index is 2.07. The van der Waals surface area contributed by atoms with Crippen LogP contribution in [0.5, 0.6) is 0 Å². The van der Waals surface area contributed by atoms with Gasteiger partial charge in [0.2, 0.25) is 0 Å². The molecule has 0 spiro atoms. The van der Waals surface area contributed by atoms with Crippen molar-refractivity contribution in [2.75, 3.05) is 18.5 Å². The quantitative estimate of drug-likeness (QED) is 0.870. The van der Waals surface area contributed by atoms with Crippen molar-refractivity contribution in [1.29, 1.82) is 0 Å². The highest BCUT2D eigenvalue weighted by atomic mass is 79.9. The monoisotopic (exact) mass is 327 g/mol. The molecule has 1 aliphatic heterocycles. The van der Waals surface area contributed by atoms with Crippen molar-refractivity contribution in [3.05, 3.63) is 28.2 Å². The summed E-state index contributed by atoms with van der Waals surface area (Å²) < 4.78 is 6.24. The van der Waals surface area contributed by atoms with Crippen LogP contribution in [0.15, 0.2) is 22.7 Å². The Morgan fingerprint density at radius 2 is 2.37 bits per heavy atom. The summed E-state index contributed by atoms with van der Waals surface area (Å²) in [5, 5.41) is 12.5. The minimum atomic E-state index is -0.926. The summed E-state index contributed by atoms with van der Waals surface area (Å²) in [6, 6.07) is 5.37. The first-order valence-corrected chi connectivity index (χ1v) is 7.30. The Morgan fingerprint density at radius 1 is 1.58 bits per heavy atom. The van der Waals surface area contributed by atoms with Crippen molar-refractivity contribution in [2.24, 2.45) is 5.92 Å². The van der Waals surface area contributed by atoms with Crippen LogP contribution >= 0.6 is 15.9 Å². The summed E-state index contributed by atoms with van der Waals surface area (Å²) in [6.07, 6.45) is 2.31. The Hall–Kier alpha value is -1.07. The summed E-state index contributed by atoms with van der Waals surface area (Å²) in [6.45, 7) is 3.66. The van der Waals surface area contributed by atoms with Crippen LogP contribution < -0.4 is 5.32 Å². The van der Waals surface area contributed by atoms with Crippen molar-refractivity contribution in [1.82, 2.24) is 0 Å². The minimum Gasteiger partial charge on any atom is -0.478 e. The highest BCUT2D eigenvalue weighted by molar-refractivity contribution is 9.10. The lowest BCUT2D eigenvalue weighted by Crippen LogP contribution is -2.23. The fourth-order valence-electron chi connectivity index (χ4n) is 2.51. The molecule has 4 nitrogen and oxygen atoms in total. The molecule has 0 radical (unpaired) electrons. The molecule has 1 heterocycles. The lowest BCUT2D eigenvalue weighted by Gasteiger charge is -2.19. The maximum absolute atomic E-state index is 11.3. The van der Waals surface area contributed by atoms with Crippen molar-refractivity contribution in [3.8, 4) is 0 Å². The number of nitrogens with one attached hydrogen (secondary N) is 1. The molecule has 2 rings (SSSR count). The standard InChI is InChI=1S/C14H18BrNO3/c1-2-12-9(6-7-19-12)8-16-11-5-3-4-10(15)13(11)14(17)18/h3-5,9,12,16H,2,6-8H2,1H3,(H,17,18). The molecule has 19 heavy (non-hydrogen) atoms. The number of carboxylic acid groups (broad SMARTS) is 1. The number of hydrogen-bond acceptors (Lipinski definition) is 3. The van der Waals surface area contributed by atoms with E-state index in [-0.39, 0.29) is 11.7 Å². The van der Waals surface area contributed by atoms with E-state index >= 15 is 0 Å². The summed E-state index contributed by atoms with van der Waals surface area (Å²) in [5.74, 6) is -0.477. The molecule has 0 amide bonds. The number of rotatable bonds is 5. The van der Waals surface area contributed by atoms with E-state index in [4.69, 9.17) is 4.74 Å². The Morgan fingerprint density at radius 3 is 3.05 bits per heavy atom. The van der Waals surface area contributed by atoms with Crippen LogP contribution in [0, 0.1) is 5.92 Å². The smallest absolute Gasteiger partial charge is 0.338 e. The van der Waals surface area contributed by atoms with E-state index in [1.807, 2.05) is 6.07 Å². The summed E-state index contributed by atoms with van der Waals surface area (Å²) in [5.41, 5.74) is 0.943. The van der Waals surface area contributed by atoms with E-state index in [9.17, 15) is 9.90 Å². The van der Waals surface area contributed by atoms with E-state index in [1.165, 1.54) is 0 Å². The Labute approximate surface area is 121 Å². The molecule has 2 unspecified atom stereocenters.